The van der Waals surface area contributed by atoms with Crippen LogP contribution in [0.3, 0.4) is 0 Å². The third-order valence-electron chi connectivity index (χ3n) is 6.20. The van der Waals surface area contributed by atoms with E-state index in [1.54, 1.807) is 6.92 Å². The summed E-state index contributed by atoms with van der Waals surface area (Å²) in [5, 5.41) is 3.39. The Morgan fingerprint density at radius 1 is 1.22 bits per heavy atom. The van der Waals surface area contributed by atoms with E-state index in [1.165, 1.54) is 0 Å². The van der Waals surface area contributed by atoms with Crippen LogP contribution < -0.4 is 10.1 Å². The van der Waals surface area contributed by atoms with E-state index < -0.39 is 0 Å². The number of ether oxygens (including phenoxy) is 2. The molecule has 0 atom stereocenters. The molecule has 0 bridgehead atoms. The van der Waals surface area contributed by atoms with Gasteiger partial charge in [-0.25, -0.2) is 4.99 Å². The molecule has 1 aromatic carbocycles. The summed E-state index contributed by atoms with van der Waals surface area (Å²) in [5.74, 6) is 1.93. The molecule has 1 aromatic rings. The lowest BCUT2D eigenvalue weighted by molar-refractivity contribution is -0.130. The summed E-state index contributed by atoms with van der Waals surface area (Å²) in [6.07, 6.45) is 2.20. The van der Waals surface area contributed by atoms with Crippen LogP contribution in [0.2, 0.25) is 0 Å². The lowest BCUT2D eigenvalue weighted by atomic mass is 10.1. The minimum absolute atomic E-state index is 0.141. The molecule has 2 saturated heterocycles. The molecule has 0 spiro atoms. The van der Waals surface area contributed by atoms with Crippen molar-refractivity contribution in [1.82, 2.24) is 20.0 Å². The molecule has 8 heteroatoms. The fourth-order valence-corrected chi connectivity index (χ4v) is 4.17. The summed E-state index contributed by atoms with van der Waals surface area (Å²) >= 11 is 0. The average molecular weight is 446 g/mol. The van der Waals surface area contributed by atoms with E-state index >= 15 is 0 Å². The van der Waals surface area contributed by atoms with Gasteiger partial charge >= 0.3 is 0 Å². The number of likely N-dealkylation sites (N-methyl/N-ethyl adjacent to an activating group) is 1. The van der Waals surface area contributed by atoms with Crippen molar-refractivity contribution in [3.8, 4) is 5.75 Å². The number of benzene rings is 1. The van der Waals surface area contributed by atoms with Gasteiger partial charge in [0.1, 0.15) is 12.4 Å². The van der Waals surface area contributed by atoms with E-state index in [-0.39, 0.29) is 5.91 Å². The normalized spacial score (nSPS) is 18.2. The summed E-state index contributed by atoms with van der Waals surface area (Å²) < 4.78 is 11.5. The number of piperazine rings is 1. The van der Waals surface area contributed by atoms with E-state index in [9.17, 15) is 4.79 Å². The zero-order valence-corrected chi connectivity index (χ0v) is 19.9. The van der Waals surface area contributed by atoms with Crippen molar-refractivity contribution >= 4 is 11.9 Å². The number of hydrogen-bond acceptors (Lipinski definition) is 5. The topological polar surface area (TPSA) is 69.6 Å². The van der Waals surface area contributed by atoms with Crippen LogP contribution in [-0.4, -0.2) is 98.7 Å². The van der Waals surface area contributed by atoms with Crippen molar-refractivity contribution in [3.63, 3.8) is 0 Å². The van der Waals surface area contributed by atoms with Gasteiger partial charge in [0, 0.05) is 65.4 Å². The largest absolute Gasteiger partial charge is 0.492 e. The molecule has 2 aliphatic rings. The van der Waals surface area contributed by atoms with Gasteiger partial charge < -0.3 is 24.6 Å². The maximum Gasteiger partial charge on any atom is 0.219 e. The van der Waals surface area contributed by atoms with Gasteiger partial charge in [-0.15, -0.1) is 0 Å². The van der Waals surface area contributed by atoms with E-state index in [4.69, 9.17) is 14.5 Å². The second kappa shape index (κ2) is 12.6. The SMILES string of the molecule is CCNC(=NCc1cccc(OCCN(C)C2CCOCC2)c1)N1CCN(C(C)=O)CC1. The number of nitrogens with zero attached hydrogens (tertiary/aromatic N) is 4. The number of hydrogen-bond donors (Lipinski definition) is 1. The fourth-order valence-electron chi connectivity index (χ4n) is 4.17. The van der Waals surface area contributed by atoms with Crippen molar-refractivity contribution in [2.45, 2.75) is 39.3 Å². The molecule has 0 aliphatic carbocycles. The average Bonchev–Trinajstić information content (AvgIpc) is 2.82. The molecule has 2 heterocycles. The summed E-state index contributed by atoms with van der Waals surface area (Å²) in [6, 6.07) is 8.79. The Hall–Kier alpha value is -2.32. The standard InChI is InChI=1S/C24H39N5O3/c1-4-25-24(29-12-10-28(11-13-29)20(2)30)26-19-21-6-5-7-23(18-21)32-17-14-27(3)22-8-15-31-16-9-22/h5-7,18,22H,4,8-17,19H2,1-3H3,(H,25,26). The zero-order valence-electron chi connectivity index (χ0n) is 19.9. The van der Waals surface area contributed by atoms with Crippen LogP contribution in [0.1, 0.15) is 32.3 Å². The number of carbonyl (C=O) groups excluding carboxylic acids is 1. The third kappa shape index (κ3) is 7.38. The minimum atomic E-state index is 0.141. The Bertz CT molecular complexity index is 743. The van der Waals surface area contributed by atoms with Crippen molar-refractivity contribution in [1.29, 1.82) is 0 Å². The molecule has 2 aliphatic heterocycles. The van der Waals surface area contributed by atoms with Gasteiger partial charge in [-0.3, -0.25) is 9.69 Å². The number of carbonyl (C=O) groups is 1. The van der Waals surface area contributed by atoms with Crippen LogP contribution in [0.5, 0.6) is 5.75 Å². The highest BCUT2D eigenvalue weighted by molar-refractivity contribution is 5.80. The lowest BCUT2D eigenvalue weighted by Crippen LogP contribution is -2.53. The van der Waals surface area contributed by atoms with Crippen molar-refractivity contribution in [2.75, 3.05) is 66.1 Å². The summed E-state index contributed by atoms with van der Waals surface area (Å²) in [5.41, 5.74) is 1.12. The Balaban J connectivity index is 1.49. The number of guanidine groups is 1. The van der Waals surface area contributed by atoms with Gasteiger partial charge in [0.15, 0.2) is 5.96 Å². The van der Waals surface area contributed by atoms with Crippen LogP contribution in [0.4, 0.5) is 0 Å². The molecule has 32 heavy (non-hydrogen) atoms. The van der Waals surface area contributed by atoms with Crippen molar-refractivity contribution in [3.05, 3.63) is 29.8 Å². The van der Waals surface area contributed by atoms with Gasteiger partial charge in [0.2, 0.25) is 5.91 Å². The maximum absolute atomic E-state index is 11.6. The molecular weight excluding hydrogens is 406 g/mol. The van der Waals surface area contributed by atoms with Crippen molar-refractivity contribution in [2.24, 2.45) is 4.99 Å². The fraction of sp³-hybridized carbons (Fsp3) is 0.667. The summed E-state index contributed by atoms with van der Waals surface area (Å²) in [4.78, 5) is 22.9. The van der Waals surface area contributed by atoms with Crippen molar-refractivity contribution < 1.29 is 14.3 Å². The third-order valence-corrected chi connectivity index (χ3v) is 6.20. The Kier molecular flexibility index (Phi) is 9.62. The Labute approximate surface area is 192 Å². The lowest BCUT2D eigenvalue weighted by Gasteiger charge is -2.36. The molecule has 0 saturated carbocycles. The predicted molar refractivity (Wildman–Crippen MR) is 127 cm³/mol. The van der Waals surface area contributed by atoms with E-state index in [0.29, 0.717) is 19.2 Å². The molecular formula is C24H39N5O3. The Morgan fingerprint density at radius 3 is 2.62 bits per heavy atom. The highest BCUT2D eigenvalue weighted by Gasteiger charge is 2.21. The maximum atomic E-state index is 11.6. The molecule has 1 N–H and O–H groups in total. The number of aliphatic imine (C=N–C) groups is 1. The highest BCUT2D eigenvalue weighted by Crippen LogP contribution is 2.16. The quantitative estimate of drug-likeness (QED) is 0.486. The second-order valence-corrected chi connectivity index (χ2v) is 8.48. The first-order chi connectivity index (χ1) is 15.6. The van der Waals surface area contributed by atoms with Gasteiger partial charge in [0.25, 0.3) is 0 Å². The van der Waals surface area contributed by atoms with Crippen LogP contribution in [-0.2, 0) is 16.1 Å². The van der Waals surface area contributed by atoms with E-state index in [2.05, 4.69) is 41.2 Å². The van der Waals surface area contributed by atoms with Gasteiger partial charge in [0.05, 0.1) is 6.54 Å². The molecule has 0 aromatic heterocycles. The molecule has 1 amide bonds. The monoisotopic (exact) mass is 445 g/mol. The van der Waals surface area contributed by atoms with Gasteiger partial charge in [-0.1, -0.05) is 12.1 Å². The summed E-state index contributed by atoms with van der Waals surface area (Å²) in [6.45, 7) is 11.5. The molecule has 3 rings (SSSR count). The first-order valence-electron chi connectivity index (χ1n) is 11.8. The zero-order chi connectivity index (χ0) is 22.8. The second-order valence-electron chi connectivity index (χ2n) is 8.48. The number of amides is 1. The predicted octanol–water partition coefficient (Wildman–Crippen LogP) is 1.81. The van der Waals surface area contributed by atoms with Crippen LogP contribution in [0.15, 0.2) is 29.3 Å². The first-order valence-corrected chi connectivity index (χ1v) is 11.8. The molecule has 0 unspecified atom stereocenters. The first kappa shape index (κ1) is 24.3. The van der Waals surface area contributed by atoms with Gasteiger partial charge in [-0.05, 0) is 44.5 Å². The number of rotatable bonds is 8. The van der Waals surface area contributed by atoms with Crippen LogP contribution >= 0.6 is 0 Å². The Morgan fingerprint density at radius 2 is 1.94 bits per heavy atom. The molecule has 2 fully saturated rings. The van der Waals surface area contributed by atoms with E-state index in [0.717, 1.165) is 82.6 Å². The molecule has 8 nitrogen and oxygen atoms in total. The number of nitrogens with one attached hydrogen (secondary N) is 1. The minimum Gasteiger partial charge on any atom is -0.492 e. The highest BCUT2D eigenvalue weighted by atomic mass is 16.5. The van der Waals surface area contributed by atoms with Crippen LogP contribution in [0.25, 0.3) is 0 Å². The molecule has 0 radical (unpaired) electrons. The molecule has 178 valence electrons. The summed E-state index contributed by atoms with van der Waals surface area (Å²) in [7, 11) is 2.17. The van der Waals surface area contributed by atoms with Gasteiger partial charge in [-0.2, -0.15) is 0 Å². The smallest absolute Gasteiger partial charge is 0.219 e. The van der Waals surface area contributed by atoms with E-state index in [1.807, 2.05) is 17.0 Å². The van der Waals surface area contributed by atoms with Crippen LogP contribution in [0, 0.1) is 0 Å².